The zero-order valence-electron chi connectivity index (χ0n) is 6.43. The summed E-state index contributed by atoms with van der Waals surface area (Å²) in [7, 11) is 0. The highest BCUT2D eigenvalue weighted by Gasteiger charge is 2.01. The maximum Gasteiger partial charge on any atom is 0.138 e. The van der Waals surface area contributed by atoms with E-state index in [1.165, 1.54) is 0 Å². The minimum atomic E-state index is 0.606. The molecular formula is C9H10ClO. The molecule has 0 spiro atoms. The van der Waals surface area contributed by atoms with Gasteiger partial charge in [-0.15, -0.1) is 0 Å². The van der Waals surface area contributed by atoms with Gasteiger partial charge in [-0.1, -0.05) is 23.7 Å². The van der Waals surface area contributed by atoms with Crippen molar-refractivity contribution in [2.24, 2.45) is 0 Å². The van der Waals surface area contributed by atoms with Crippen molar-refractivity contribution in [1.82, 2.24) is 0 Å². The highest BCUT2D eigenvalue weighted by atomic mass is 35.5. The summed E-state index contributed by atoms with van der Waals surface area (Å²) in [6.45, 7) is 6.30. The second-order valence-electron chi connectivity index (χ2n) is 2.16. The van der Waals surface area contributed by atoms with Crippen molar-refractivity contribution >= 4 is 11.6 Å². The molecule has 1 rings (SSSR count). The van der Waals surface area contributed by atoms with E-state index in [4.69, 9.17) is 16.3 Å². The Morgan fingerprint density at radius 2 is 2.27 bits per heavy atom. The quantitative estimate of drug-likeness (QED) is 0.662. The summed E-state index contributed by atoms with van der Waals surface area (Å²) in [5.41, 5.74) is 0.803. The summed E-state index contributed by atoms with van der Waals surface area (Å²) in [6.07, 6.45) is 0. The van der Waals surface area contributed by atoms with E-state index in [1.54, 1.807) is 0 Å². The highest BCUT2D eigenvalue weighted by molar-refractivity contribution is 6.32. The van der Waals surface area contributed by atoms with Gasteiger partial charge < -0.3 is 4.74 Å². The minimum Gasteiger partial charge on any atom is -0.492 e. The molecule has 0 aromatic heterocycles. The van der Waals surface area contributed by atoms with Crippen molar-refractivity contribution in [3.63, 3.8) is 0 Å². The van der Waals surface area contributed by atoms with Crippen LogP contribution in [0.5, 0.6) is 5.75 Å². The van der Waals surface area contributed by atoms with Crippen LogP contribution in [0.1, 0.15) is 12.5 Å². The molecule has 11 heavy (non-hydrogen) atoms. The van der Waals surface area contributed by atoms with Gasteiger partial charge in [0.2, 0.25) is 0 Å². The molecule has 59 valence electrons. The molecule has 1 aromatic rings. The Labute approximate surface area is 71.9 Å². The third-order valence-corrected chi connectivity index (χ3v) is 1.77. The lowest BCUT2D eigenvalue weighted by Crippen LogP contribution is -1.92. The van der Waals surface area contributed by atoms with Gasteiger partial charge >= 0.3 is 0 Å². The third-order valence-electron chi connectivity index (χ3n) is 1.34. The van der Waals surface area contributed by atoms with Crippen LogP contribution in [0.3, 0.4) is 0 Å². The summed E-state index contributed by atoms with van der Waals surface area (Å²) >= 11 is 5.88. The van der Waals surface area contributed by atoms with Gasteiger partial charge in [-0.2, -0.15) is 0 Å². The van der Waals surface area contributed by atoms with Crippen molar-refractivity contribution in [3.8, 4) is 5.75 Å². The fourth-order valence-corrected chi connectivity index (χ4v) is 1.00. The van der Waals surface area contributed by atoms with E-state index in [2.05, 4.69) is 6.92 Å². The van der Waals surface area contributed by atoms with Crippen LogP contribution in [0, 0.1) is 6.92 Å². The van der Waals surface area contributed by atoms with Gasteiger partial charge in [-0.3, -0.25) is 0 Å². The SMILES string of the molecule is [CH2]c1cccc(OCC)c1Cl. The second kappa shape index (κ2) is 3.63. The lowest BCUT2D eigenvalue weighted by molar-refractivity contribution is 0.340. The summed E-state index contributed by atoms with van der Waals surface area (Å²) < 4.78 is 5.25. The standard InChI is InChI=1S/C9H10ClO/c1-3-11-8-6-4-5-7(2)9(8)10/h4-6H,2-3H2,1H3. The van der Waals surface area contributed by atoms with Gasteiger partial charge in [0.05, 0.1) is 11.6 Å². The van der Waals surface area contributed by atoms with Crippen LogP contribution in [0.15, 0.2) is 18.2 Å². The minimum absolute atomic E-state index is 0.606. The van der Waals surface area contributed by atoms with Crippen LogP contribution in [-0.2, 0) is 0 Å². The van der Waals surface area contributed by atoms with Gasteiger partial charge in [0.1, 0.15) is 5.75 Å². The topological polar surface area (TPSA) is 9.23 Å². The number of ether oxygens (including phenoxy) is 1. The molecule has 0 saturated heterocycles. The molecule has 2 heteroatoms. The monoisotopic (exact) mass is 169 g/mol. The Hall–Kier alpha value is -0.690. The molecule has 0 heterocycles. The summed E-state index contributed by atoms with van der Waals surface area (Å²) in [5.74, 6) is 0.710. The van der Waals surface area contributed by atoms with Crippen LogP contribution in [-0.4, -0.2) is 6.61 Å². The smallest absolute Gasteiger partial charge is 0.138 e. The normalized spacial score (nSPS) is 9.73. The van der Waals surface area contributed by atoms with Crippen LogP contribution in [0.25, 0.3) is 0 Å². The molecule has 0 atom stereocenters. The summed E-state index contributed by atoms with van der Waals surface area (Å²) in [6, 6.07) is 5.56. The van der Waals surface area contributed by atoms with Crippen LogP contribution in [0.4, 0.5) is 0 Å². The average Bonchev–Trinajstić information content (AvgIpc) is 1.99. The molecule has 1 nitrogen and oxygen atoms in total. The van der Waals surface area contributed by atoms with Crippen LogP contribution in [0.2, 0.25) is 5.02 Å². The first-order chi connectivity index (χ1) is 5.25. The van der Waals surface area contributed by atoms with Crippen molar-refractivity contribution in [2.45, 2.75) is 6.92 Å². The molecule has 0 aliphatic rings. The van der Waals surface area contributed by atoms with E-state index < -0.39 is 0 Å². The van der Waals surface area contributed by atoms with Crippen molar-refractivity contribution < 1.29 is 4.74 Å². The van der Waals surface area contributed by atoms with Crippen molar-refractivity contribution in [1.29, 1.82) is 0 Å². The summed E-state index contributed by atoms with van der Waals surface area (Å²) in [5, 5.41) is 0.606. The highest BCUT2D eigenvalue weighted by Crippen LogP contribution is 2.26. The molecule has 0 fully saturated rings. The predicted octanol–water partition coefficient (Wildman–Crippen LogP) is 2.92. The van der Waals surface area contributed by atoms with Gasteiger partial charge in [0.25, 0.3) is 0 Å². The Morgan fingerprint density at radius 3 is 2.91 bits per heavy atom. The van der Waals surface area contributed by atoms with Gasteiger partial charge in [-0.05, 0) is 25.5 Å². The lowest BCUT2D eigenvalue weighted by Gasteiger charge is -2.06. The first-order valence-corrected chi connectivity index (χ1v) is 3.86. The van der Waals surface area contributed by atoms with Crippen molar-refractivity contribution in [3.05, 3.63) is 35.7 Å². The van der Waals surface area contributed by atoms with E-state index in [-0.39, 0.29) is 0 Å². The number of hydrogen-bond donors (Lipinski definition) is 0. The molecule has 0 N–H and O–H groups in total. The molecule has 0 aliphatic carbocycles. The number of benzene rings is 1. The fraction of sp³-hybridized carbons (Fsp3) is 0.222. The Balaban J connectivity index is 2.96. The Bertz CT molecular complexity index is 245. The molecule has 0 bridgehead atoms. The zero-order valence-corrected chi connectivity index (χ0v) is 7.19. The first-order valence-electron chi connectivity index (χ1n) is 3.49. The van der Waals surface area contributed by atoms with E-state index in [0.717, 1.165) is 5.56 Å². The predicted molar refractivity (Wildman–Crippen MR) is 47.1 cm³/mol. The molecule has 1 aromatic carbocycles. The largest absolute Gasteiger partial charge is 0.492 e. The Kier molecular flexibility index (Phi) is 2.77. The second-order valence-corrected chi connectivity index (χ2v) is 2.54. The van der Waals surface area contributed by atoms with Crippen molar-refractivity contribution in [2.75, 3.05) is 6.61 Å². The lowest BCUT2D eigenvalue weighted by atomic mass is 10.2. The number of rotatable bonds is 2. The molecular weight excluding hydrogens is 160 g/mol. The van der Waals surface area contributed by atoms with Gasteiger partial charge in [0.15, 0.2) is 0 Å². The average molecular weight is 170 g/mol. The molecule has 1 radical (unpaired) electrons. The molecule has 0 aliphatic heterocycles. The third kappa shape index (κ3) is 1.87. The van der Waals surface area contributed by atoms with E-state index in [9.17, 15) is 0 Å². The van der Waals surface area contributed by atoms with Gasteiger partial charge in [-0.25, -0.2) is 0 Å². The van der Waals surface area contributed by atoms with Gasteiger partial charge in [0, 0.05) is 0 Å². The summed E-state index contributed by atoms with van der Waals surface area (Å²) in [4.78, 5) is 0. The Morgan fingerprint density at radius 1 is 1.55 bits per heavy atom. The first kappa shape index (κ1) is 8.41. The number of hydrogen-bond acceptors (Lipinski definition) is 1. The van der Waals surface area contributed by atoms with Crippen LogP contribution >= 0.6 is 11.6 Å². The van der Waals surface area contributed by atoms with E-state index >= 15 is 0 Å². The maximum atomic E-state index is 5.88. The molecule has 0 saturated carbocycles. The molecule has 0 unspecified atom stereocenters. The molecule has 0 amide bonds. The van der Waals surface area contributed by atoms with E-state index in [0.29, 0.717) is 17.4 Å². The number of halogens is 1. The van der Waals surface area contributed by atoms with Crippen LogP contribution < -0.4 is 4.74 Å². The maximum absolute atomic E-state index is 5.88. The fourth-order valence-electron chi connectivity index (χ4n) is 0.823. The zero-order chi connectivity index (χ0) is 8.27. The van der Waals surface area contributed by atoms with E-state index in [1.807, 2.05) is 25.1 Å².